The average molecular weight is 452 g/mol. The zero-order valence-electron chi connectivity index (χ0n) is 15.5. The van der Waals surface area contributed by atoms with Crippen LogP contribution in [0.3, 0.4) is 0 Å². The molecule has 3 atom stereocenters. The van der Waals surface area contributed by atoms with Gasteiger partial charge in [0.2, 0.25) is 0 Å². The molecule has 0 amide bonds. The lowest BCUT2D eigenvalue weighted by atomic mass is 9.65. The van der Waals surface area contributed by atoms with Crippen molar-refractivity contribution in [3.8, 4) is 11.5 Å². The fourth-order valence-corrected chi connectivity index (χ4v) is 5.34. The van der Waals surface area contributed by atoms with Crippen molar-refractivity contribution >= 4 is 29.6 Å². The van der Waals surface area contributed by atoms with E-state index in [1.54, 1.807) is 7.11 Å². The monoisotopic (exact) mass is 451 g/mol. The summed E-state index contributed by atoms with van der Waals surface area (Å²) in [4.78, 5) is 9.31. The summed E-state index contributed by atoms with van der Waals surface area (Å²) in [5.74, 6) is 1.74. The predicted molar refractivity (Wildman–Crippen MR) is 110 cm³/mol. The van der Waals surface area contributed by atoms with E-state index in [4.69, 9.17) is 9.47 Å². The van der Waals surface area contributed by atoms with E-state index < -0.39 is 8.03 Å². The number of ether oxygens (including phenoxy) is 2. The molecule has 0 fully saturated rings. The minimum Gasteiger partial charge on any atom is -0.493 e. The minimum absolute atomic E-state index is 0.102. The van der Waals surface area contributed by atoms with Gasteiger partial charge in [0, 0.05) is 33.2 Å². The molecule has 2 N–H and O–H groups in total. The summed E-state index contributed by atoms with van der Waals surface area (Å²) in [5, 5.41) is 3.68. The molecule has 2 aliphatic heterocycles. The maximum atomic E-state index is 11.3. The van der Waals surface area contributed by atoms with Crippen LogP contribution in [0.2, 0.25) is 0 Å². The van der Waals surface area contributed by atoms with E-state index in [9.17, 15) is 9.46 Å². The summed E-state index contributed by atoms with van der Waals surface area (Å²) >= 11 is 3.58. The van der Waals surface area contributed by atoms with Crippen LogP contribution in [0.4, 0.5) is 5.69 Å². The van der Waals surface area contributed by atoms with Gasteiger partial charge in [-0.15, -0.1) is 0 Å². The molecule has 0 spiro atoms. The van der Waals surface area contributed by atoms with Gasteiger partial charge in [-0.1, -0.05) is 41.9 Å². The quantitative estimate of drug-likeness (QED) is 0.651. The van der Waals surface area contributed by atoms with E-state index in [-0.39, 0.29) is 23.5 Å². The first kappa shape index (κ1) is 18.9. The molecule has 2 aromatic rings. The molecule has 0 aromatic heterocycles. The maximum Gasteiger partial charge on any atom is 0.193 e. The molecule has 0 bridgehead atoms. The molecule has 2 aromatic carbocycles. The van der Waals surface area contributed by atoms with E-state index in [2.05, 4.69) is 47.2 Å². The second kappa shape index (κ2) is 6.84. The summed E-state index contributed by atoms with van der Waals surface area (Å²) in [6.45, 7) is 5.02. The topological polar surface area (TPSA) is 67.8 Å². The van der Waals surface area contributed by atoms with Gasteiger partial charge in [-0.25, -0.2) is 0 Å². The first-order valence-corrected chi connectivity index (χ1v) is 11.3. The molecular formula is C20H23BrNO4P. The van der Waals surface area contributed by atoms with Crippen LogP contribution in [-0.2, 0) is 16.1 Å². The van der Waals surface area contributed by atoms with Crippen molar-refractivity contribution in [2.24, 2.45) is 5.92 Å². The second-order valence-electron chi connectivity index (χ2n) is 7.74. The molecule has 5 nitrogen and oxygen atoms in total. The summed E-state index contributed by atoms with van der Waals surface area (Å²) in [7, 11) is -0.886. The fraction of sp³-hybridized carbons (Fsp3) is 0.400. The highest BCUT2D eigenvalue weighted by atomic mass is 79.9. The number of hydrogen-bond acceptors (Lipinski definition) is 4. The maximum absolute atomic E-state index is 11.3. The SMILES string of the molecule is COc1cc(Br)cc2c1OC[C@@H]1[C@@H]2Nc2ccc(C[PH](=O)O)cc2C1(C)C. The van der Waals surface area contributed by atoms with Gasteiger partial charge in [-0.2, -0.15) is 0 Å². The molecule has 7 heteroatoms. The number of nitrogens with one attached hydrogen (secondary N) is 1. The highest BCUT2D eigenvalue weighted by Crippen LogP contribution is 2.54. The second-order valence-corrected chi connectivity index (χ2v) is 9.79. The van der Waals surface area contributed by atoms with Gasteiger partial charge in [-0.05, 0) is 29.3 Å². The van der Waals surface area contributed by atoms with Gasteiger partial charge in [0.15, 0.2) is 19.5 Å². The molecule has 1 unspecified atom stereocenters. The fourth-order valence-electron chi connectivity index (χ4n) is 4.32. The van der Waals surface area contributed by atoms with E-state index in [0.29, 0.717) is 6.61 Å². The first-order chi connectivity index (χ1) is 12.8. The van der Waals surface area contributed by atoms with Gasteiger partial charge in [0.05, 0.1) is 19.8 Å². The number of halogens is 1. The molecule has 0 radical (unpaired) electrons. The summed E-state index contributed by atoms with van der Waals surface area (Å²) in [6, 6.07) is 10.1. The van der Waals surface area contributed by atoms with E-state index in [0.717, 1.165) is 32.8 Å². The lowest BCUT2D eigenvalue weighted by Gasteiger charge is -2.48. The number of methoxy groups -OCH3 is 1. The molecular weight excluding hydrogens is 429 g/mol. The summed E-state index contributed by atoms with van der Waals surface area (Å²) < 4.78 is 23.9. The van der Waals surface area contributed by atoms with Gasteiger partial charge in [0.1, 0.15) is 0 Å². The van der Waals surface area contributed by atoms with Gasteiger partial charge >= 0.3 is 0 Å². The summed E-state index contributed by atoms with van der Waals surface area (Å²) in [6.07, 6.45) is 0.214. The zero-order valence-corrected chi connectivity index (χ0v) is 18.1. The van der Waals surface area contributed by atoms with Crippen LogP contribution in [0.5, 0.6) is 11.5 Å². The zero-order chi connectivity index (χ0) is 19.3. The molecule has 0 saturated heterocycles. The largest absolute Gasteiger partial charge is 0.493 e. The Balaban J connectivity index is 1.81. The number of hydrogen-bond donors (Lipinski definition) is 2. The van der Waals surface area contributed by atoms with Gasteiger partial charge in [-0.3, -0.25) is 4.57 Å². The highest BCUT2D eigenvalue weighted by molar-refractivity contribution is 9.10. The Bertz CT molecular complexity index is 930. The smallest absolute Gasteiger partial charge is 0.193 e. The lowest BCUT2D eigenvalue weighted by molar-refractivity contribution is 0.131. The molecule has 2 aliphatic rings. The molecule has 0 aliphatic carbocycles. The van der Waals surface area contributed by atoms with E-state index >= 15 is 0 Å². The number of benzene rings is 2. The lowest BCUT2D eigenvalue weighted by Crippen LogP contribution is -2.46. The van der Waals surface area contributed by atoms with E-state index in [1.807, 2.05) is 18.2 Å². The standard InChI is InChI=1S/C20H23BrNO4P/c1-20(2)14-6-11(10-27(23)24)4-5-16(14)22-18-13-7-12(21)8-17(25-3)19(13)26-9-15(18)20/h4-8,15,18,22,27H,9-10H2,1-3H3,(H,23,24)/t15-,18-/m1/s1. The first-order valence-electron chi connectivity index (χ1n) is 8.93. The van der Waals surface area contributed by atoms with Crippen molar-refractivity contribution in [2.45, 2.75) is 31.5 Å². The van der Waals surface area contributed by atoms with Crippen molar-refractivity contribution in [1.29, 1.82) is 0 Å². The molecule has 27 heavy (non-hydrogen) atoms. The Morgan fingerprint density at radius 3 is 2.85 bits per heavy atom. The third kappa shape index (κ3) is 3.18. The molecule has 4 rings (SSSR count). The molecule has 144 valence electrons. The van der Waals surface area contributed by atoms with Crippen molar-refractivity contribution < 1.29 is 18.9 Å². The van der Waals surface area contributed by atoms with Crippen LogP contribution in [0, 0.1) is 5.92 Å². The third-order valence-corrected chi connectivity index (χ3v) is 6.95. The van der Waals surface area contributed by atoms with Crippen LogP contribution >= 0.6 is 24.0 Å². The van der Waals surface area contributed by atoms with Crippen LogP contribution in [0.25, 0.3) is 0 Å². The van der Waals surface area contributed by atoms with Crippen molar-refractivity contribution in [3.05, 3.63) is 51.5 Å². The Hall–Kier alpha value is -1.49. The number of fused-ring (bicyclic) bond motifs is 4. The molecule has 0 saturated carbocycles. The van der Waals surface area contributed by atoms with E-state index in [1.165, 1.54) is 5.56 Å². The Kier molecular flexibility index (Phi) is 4.77. The van der Waals surface area contributed by atoms with Gasteiger partial charge in [0.25, 0.3) is 0 Å². The normalized spacial score (nSPS) is 23.1. The predicted octanol–water partition coefficient (Wildman–Crippen LogP) is 4.88. The highest BCUT2D eigenvalue weighted by Gasteiger charge is 2.47. The van der Waals surface area contributed by atoms with Crippen molar-refractivity contribution in [3.63, 3.8) is 0 Å². The van der Waals surface area contributed by atoms with Crippen LogP contribution in [-0.4, -0.2) is 18.6 Å². The van der Waals surface area contributed by atoms with Crippen LogP contribution in [0.1, 0.15) is 36.6 Å². The Morgan fingerprint density at radius 1 is 1.37 bits per heavy atom. The summed E-state index contributed by atoms with van der Waals surface area (Å²) in [5.41, 5.74) is 4.06. The number of anilines is 1. The Labute approximate surface area is 168 Å². The Morgan fingerprint density at radius 2 is 2.15 bits per heavy atom. The average Bonchev–Trinajstić information content (AvgIpc) is 2.61. The number of rotatable bonds is 3. The third-order valence-electron chi connectivity index (χ3n) is 5.78. The van der Waals surface area contributed by atoms with Crippen LogP contribution in [0.15, 0.2) is 34.8 Å². The van der Waals surface area contributed by atoms with Crippen LogP contribution < -0.4 is 14.8 Å². The van der Waals surface area contributed by atoms with Crippen molar-refractivity contribution in [2.75, 3.05) is 19.0 Å². The molecule has 2 heterocycles. The van der Waals surface area contributed by atoms with Gasteiger partial charge < -0.3 is 19.7 Å². The van der Waals surface area contributed by atoms with Crippen molar-refractivity contribution in [1.82, 2.24) is 0 Å². The minimum atomic E-state index is -2.54.